The van der Waals surface area contributed by atoms with Gasteiger partial charge in [-0.2, -0.15) is 5.26 Å². The van der Waals surface area contributed by atoms with Gasteiger partial charge in [0, 0.05) is 20.0 Å². The van der Waals surface area contributed by atoms with Crippen molar-refractivity contribution in [1.82, 2.24) is 10.2 Å². The highest BCUT2D eigenvalue weighted by Gasteiger charge is 2.31. The Balaban J connectivity index is 2.53. The molecule has 64 valence electrons. The Morgan fingerprint density at radius 1 is 1.83 bits per heavy atom. The number of nitrogens with one attached hydrogen (secondary N) is 1. The summed E-state index contributed by atoms with van der Waals surface area (Å²) in [6, 6.07) is 0. The van der Waals surface area contributed by atoms with E-state index in [4.69, 9.17) is 5.26 Å². The van der Waals surface area contributed by atoms with E-state index < -0.39 is 0 Å². The Bertz CT molecular complexity index is 256. The lowest BCUT2D eigenvalue weighted by molar-refractivity contribution is -0.128. The summed E-state index contributed by atoms with van der Waals surface area (Å²) in [5.74, 6) is -0.773. The summed E-state index contributed by atoms with van der Waals surface area (Å²) in [6.45, 7) is 0.409. The largest absolute Gasteiger partial charge is 0.345 e. The van der Waals surface area contributed by atoms with E-state index in [0.29, 0.717) is 6.54 Å². The van der Waals surface area contributed by atoms with Gasteiger partial charge >= 0.3 is 0 Å². The average Bonchev–Trinajstić information content (AvgIpc) is 2.33. The zero-order valence-corrected chi connectivity index (χ0v) is 6.70. The number of nitrogens with zero attached hydrogens (tertiary/aromatic N) is 2. The van der Waals surface area contributed by atoms with Gasteiger partial charge in [0.1, 0.15) is 0 Å². The molecule has 1 unspecified atom stereocenters. The van der Waals surface area contributed by atoms with E-state index in [0.717, 1.165) is 0 Å². The molecule has 1 rings (SSSR count). The predicted molar refractivity (Wildman–Crippen MR) is 39.5 cm³/mol. The van der Waals surface area contributed by atoms with Crippen LogP contribution in [0.4, 0.5) is 0 Å². The topological polar surface area (TPSA) is 73.2 Å². The van der Waals surface area contributed by atoms with Gasteiger partial charge in [-0.1, -0.05) is 0 Å². The zero-order chi connectivity index (χ0) is 9.14. The first kappa shape index (κ1) is 8.53. The van der Waals surface area contributed by atoms with E-state index in [-0.39, 0.29) is 24.2 Å². The third-order valence-corrected chi connectivity index (χ3v) is 1.89. The summed E-state index contributed by atoms with van der Waals surface area (Å²) < 4.78 is 0. The third-order valence-electron chi connectivity index (χ3n) is 1.89. The Morgan fingerprint density at radius 3 is 2.92 bits per heavy atom. The molecule has 1 heterocycles. The molecule has 1 N–H and O–H groups in total. The van der Waals surface area contributed by atoms with Gasteiger partial charge in [0.2, 0.25) is 11.8 Å². The first-order valence-electron chi connectivity index (χ1n) is 3.58. The Kier molecular flexibility index (Phi) is 2.29. The molecule has 1 atom stereocenters. The number of nitriles is 1. The summed E-state index contributed by atoms with van der Waals surface area (Å²) in [4.78, 5) is 23.5. The second-order valence-electron chi connectivity index (χ2n) is 2.78. The number of carbonyl (C=O) groups is 2. The number of carbonyl (C=O) groups excluding carboxylic acids is 2. The van der Waals surface area contributed by atoms with Crippen molar-refractivity contribution >= 4 is 11.8 Å². The van der Waals surface area contributed by atoms with Crippen LogP contribution >= 0.6 is 0 Å². The minimum atomic E-state index is -0.366. The van der Waals surface area contributed by atoms with E-state index in [2.05, 4.69) is 0 Å². The minimum absolute atomic E-state index is 0.0481. The van der Waals surface area contributed by atoms with Crippen LogP contribution in [0.2, 0.25) is 0 Å². The molecule has 0 aromatic rings. The highest BCUT2D eigenvalue weighted by Crippen LogP contribution is 2.15. The molecule has 5 heteroatoms. The van der Waals surface area contributed by atoms with Crippen LogP contribution in [0.5, 0.6) is 0 Å². The van der Waals surface area contributed by atoms with E-state index in [9.17, 15) is 9.59 Å². The van der Waals surface area contributed by atoms with Crippen LogP contribution in [0.15, 0.2) is 0 Å². The second kappa shape index (κ2) is 3.22. The molecule has 2 amide bonds. The van der Waals surface area contributed by atoms with Gasteiger partial charge in [0.05, 0.1) is 5.92 Å². The quantitative estimate of drug-likeness (QED) is 0.404. The first-order chi connectivity index (χ1) is 5.65. The molecule has 1 aliphatic rings. The van der Waals surface area contributed by atoms with Gasteiger partial charge in [-0.15, -0.1) is 0 Å². The lowest BCUT2D eigenvalue weighted by Crippen LogP contribution is -2.28. The maximum atomic E-state index is 11.0. The number of likely N-dealkylation sites (tertiary alicyclic amines) is 1. The van der Waals surface area contributed by atoms with Gasteiger partial charge in [-0.05, 0) is 0 Å². The first-order valence-corrected chi connectivity index (χ1v) is 3.58. The molecule has 1 saturated heterocycles. The second-order valence-corrected chi connectivity index (χ2v) is 2.78. The number of hydrogen-bond acceptors (Lipinski definition) is 3. The maximum Gasteiger partial charge on any atom is 0.238 e. The van der Waals surface area contributed by atoms with Crippen LogP contribution in [0.3, 0.4) is 0 Å². The smallest absolute Gasteiger partial charge is 0.238 e. The van der Waals surface area contributed by atoms with E-state index in [1.807, 2.05) is 5.32 Å². The van der Waals surface area contributed by atoms with Crippen molar-refractivity contribution in [3.05, 3.63) is 0 Å². The van der Waals surface area contributed by atoms with Gasteiger partial charge < -0.3 is 4.90 Å². The summed E-state index contributed by atoms with van der Waals surface area (Å²) in [5, 5.41) is 10.2. The molecule has 0 radical (unpaired) electrons. The molecule has 0 spiro atoms. The molecule has 0 aliphatic carbocycles. The number of amides is 2. The molecule has 0 aromatic carbocycles. The van der Waals surface area contributed by atoms with E-state index >= 15 is 0 Å². The molecule has 5 nitrogen and oxygen atoms in total. The van der Waals surface area contributed by atoms with E-state index in [1.54, 1.807) is 13.2 Å². The van der Waals surface area contributed by atoms with Crippen LogP contribution in [-0.2, 0) is 9.59 Å². The fourth-order valence-electron chi connectivity index (χ4n) is 1.20. The van der Waals surface area contributed by atoms with Crippen molar-refractivity contribution < 1.29 is 9.59 Å². The highest BCUT2D eigenvalue weighted by molar-refractivity contribution is 5.89. The number of rotatable bonds is 1. The highest BCUT2D eigenvalue weighted by atomic mass is 16.2. The predicted octanol–water partition coefficient (Wildman–Crippen LogP) is -0.938. The van der Waals surface area contributed by atoms with Crippen molar-refractivity contribution in [2.24, 2.45) is 5.92 Å². The Morgan fingerprint density at radius 2 is 2.50 bits per heavy atom. The van der Waals surface area contributed by atoms with Gasteiger partial charge in [-0.25, -0.2) is 0 Å². The van der Waals surface area contributed by atoms with Crippen LogP contribution < -0.4 is 5.32 Å². The lowest BCUT2D eigenvalue weighted by Gasteiger charge is -2.07. The summed E-state index contributed by atoms with van der Waals surface area (Å²) in [6.07, 6.45) is 1.76. The lowest BCUT2D eigenvalue weighted by atomic mass is 10.1. The van der Waals surface area contributed by atoms with E-state index in [1.165, 1.54) is 4.90 Å². The summed E-state index contributed by atoms with van der Waals surface area (Å²) >= 11 is 0. The molecular formula is C7H9N3O2. The summed E-state index contributed by atoms with van der Waals surface area (Å²) in [5.41, 5.74) is 0. The molecule has 12 heavy (non-hydrogen) atoms. The summed E-state index contributed by atoms with van der Waals surface area (Å²) in [7, 11) is 1.64. The molecule has 0 bridgehead atoms. The fraction of sp³-hybridized carbons (Fsp3) is 0.571. The van der Waals surface area contributed by atoms with Gasteiger partial charge in [0.25, 0.3) is 0 Å². The molecule has 0 aromatic heterocycles. The average molecular weight is 167 g/mol. The van der Waals surface area contributed by atoms with Crippen LogP contribution in [0.25, 0.3) is 0 Å². The molecular weight excluding hydrogens is 158 g/mol. The Labute approximate surface area is 69.9 Å². The van der Waals surface area contributed by atoms with Crippen LogP contribution in [0.1, 0.15) is 6.42 Å². The van der Waals surface area contributed by atoms with Crippen molar-refractivity contribution in [3.8, 4) is 6.19 Å². The van der Waals surface area contributed by atoms with Crippen LogP contribution in [-0.4, -0.2) is 30.3 Å². The third kappa shape index (κ3) is 1.53. The monoisotopic (exact) mass is 167 g/mol. The maximum absolute atomic E-state index is 11.0. The van der Waals surface area contributed by atoms with Crippen molar-refractivity contribution in [2.45, 2.75) is 6.42 Å². The van der Waals surface area contributed by atoms with Crippen molar-refractivity contribution in [1.29, 1.82) is 5.26 Å². The SMILES string of the molecule is CN1CC(C(=O)NC#N)CC1=O. The Hall–Kier alpha value is -1.57. The fourth-order valence-corrected chi connectivity index (χ4v) is 1.20. The molecule has 1 fully saturated rings. The van der Waals surface area contributed by atoms with Gasteiger partial charge in [0.15, 0.2) is 6.19 Å². The minimum Gasteiger partial charge on any atom is -0.345 e. The van der Waals surface area contributed by atoms with Gasteiger partial charge in [-0.3, -0.25) is 14.9 Å². The normalized spacial score (nSPS) is 22.2. The van der Waals surface area contributed by atoms with Crippen LogP contribution in [0, 0.1) is 17.4 Å². The number of hydrogen-bond donors (Lipinski definition) is 1. The zero-order valence-electron chi connectivity index (χ0n) is 6.70. The standard InChI is InChI=1S/C7H9N3O2/c1-10-3-5(2-6(10)11)7(12)9-4-8/h5H,2-3H2,1H3,(H,9,12). The van der Waals surface area contributed by atoms with Crippen molar-refractivity contribution in [2.75, 3.05) is 13.6 Å². The van der Waals surface area contributed by atoms with Crippen molar-refractivity contribution in [3.63, 3.8) is 0 Å². The molecule has 1 aliphatic heterocycles. The molecule has 0 saturated carbocycles.